The molecule has 0 saturated carbocycles. The Morgan fingerprint density at radius 2 is 1.57 bits per heavy atom. The van der Waals surface area contributed by atoms with Crippen LogP contribution in [-0.4, -0.2) is 30.6 Å². The summed E-state index contributed by atoms with van der Waals surface area (Å²) in [4.78, 5) is 42.5. The van der Waals surface area contributed by atoms with Crippen LogP contribution in [0.4, 0.5) is 24.5 Å². The summed E-state index contributed by atoms with van der Waals surface area (Å²) in [6.45, 7) is -0.0660. The smallest absolute Gasteiger partial charge is 0.366 e. The fraction of sp³-hybridized carbons (Fsp3) is 0.0769. The zero-order chi connectivity index (χ0) is 26.6. The highest BCUT2D eigenvalue weighted by Gasteiger charge is 2.34. The highest BCUT2D eigenvalue weighted by Crippen LogP contribution is 2.37. The van der Waals surface area contributed by atoms with Crippen LogP contribution < -0.4 is 21.3 Å². The van der Waals surface area contributed by atoms with Crippen molar-refractivity contribution in [3.63, 3.8) is 0 Å². The Hall–Kier alpha value is -4.93. The Labute approximate surface area is 209 Å². The molecule has 1 aliphatic rings. The number of hydrogen-bond acceptors (Lipinski definition) is 5. The first-order chi connectivity index (χ1) is 17.6. The van der Waals surface area contributed by atoms with Gasteiger partial charge in [-0.05, 0) is 42.5 Å². The van der Waals surface area contributed by atoms with E-state index in [4.69, 9.17) is 5.73 Å². The van der Waals surface area contributed by atoms with Gasteiger partial charge in [-0.25, -0.2) is 0 Å². The average Bonchev–Trinajstić information content (AvgIpc) is 2.88. The number of carbonyl (C=O) groups excluding carboxylic acids is 3. The maximum absolute atomic E-state index is 13.5. The first kappa shape index (κ1) is 25.2. The van der Waals surface area contributed by atoms with Crippen molar-refractivity contribution in [2.24, 2.45) is 10.7 Å². The number of nitrogens with zero attached hydrogens (tertiary/aromatic N) is 2. The normalized spacial score (nSPS) is 13.1. The zero-order valence-corrected chi connectivity index (χ0v) is 19.1. The van der Waals surface area contributed by atoms with Crippen molar-refractivity contribution in [3.05, 3.63) is 107 Å². The zero-order valence-electron chi connectivity index (χ0n) is 19.1. The van der Waals surface area contributed by atoms with Gasteiger partial charge in [0.15, 0.2) is 0 Å². The van der Waals surface area contributed by atoms with E-state index in [1.807, 2.05) is 0 Å². The van der Waals surface area contributed by atoms with E-state index in [0.29, 0.717) is 0 Å². The molecular weight excluding hydrogens is 487 g/mol. The predicted octanol–water partition coefficient (Wildman–Crippen LogP) is 4.18. The van der Waals surface area contributed by atoms with Crippen LogP contribution >= 0.6 is 0 Å². The van der Waals surface area contributed by atoms with Gasteiger partial charge in [0.25, 0.3) is 11.8 Å². The Kier molecular flexibility index (Phi) is 7.05. The van der Waals surface area contributed by atoms with Crippen LogP contribution in [0.3, 0.4) is 0 Å². The highest BCUT2D eigenvalue weighted by molar-refractivity contribution is 6.10. The number of para-hydroxylation sites is 2. The summed E-state index contributed by atoms with van der Waals surface area (Å²) in [5.74, 6) is -1.88. The van der Waals surface area contributed by atoms with Gasteiger partial charge in [0, 0.05) is 23.5 Å². The summed E-state index contributed by atoms with van der Waals surface area (Å²) in [5, 5.41) is 5.24. The van der Waals surface area contributed by atoms with Gasteiger partial charge in [0.1, 0.15) is 6.67 Å². The lowest BCUT2D eigenvalue weighted by atomic mass is 10.1. The molecule has 3 amide bonds. The number of nitrogens with two attached hydrogens (primary N) is 1. The van der Waals surface area contributed by atoms with E-state index in [0.717, 1.165) is 6.07 Å². The molecular formula is C26H20F3N5O3. The number of alkyl halides is 3. The van der Waals surface area contributed by atoms with Gasteiger partial charge in [-0.1, -0.05) is 30.3 Å². The van der Waals surface area contributed by atoms with Crippen molar-refractivity contribution in [2.45, 2.75) is 6.18 Å². The number of nitrogens with one attached hydrogen (secondary N) is 2. The SMILES string of the molecule is NC(=O)c1cccc(C(=O)Nc2ccccc2C(=O)NC2=CN(c3ccccc3C(F)(F)F)CN=C2)c1. The van der Waals surface area contributed by atoms with Gasteiger partial charge in [-0.3, -0.25) is 19.4 Å². The second-order valence-corrected chi connectivity index (χ2v) is 7.92. The monoisotopic (exact) mass is 507 g/mol. The number of rotatable bonds is 6. The molecule has 0 spiro atoms. The van der Waals surface area contributed by atoms with Gasteiger partial charge in [-0.15, -0.1) is 0 Å². The molecule has 1 aliphatic heterocycles. The standard InChI is InChI=1S/C26H20F3N5O3/c27-26(28,29)20-9-2-4-11-22(20)34-14-18(13-31-15-34)32-25(37)19-8-1-3-10-21(19)33-24(36)17-7-5-6-16(12-17)23(30)35/h1-14H,15H2,(H2,30,35)(H,32,37)(H,33,36). The van der Waals surface area contributed by atoms with E-state index in [2.05, 4.69) is 15.6 Å². The van der Waals surface area contributed by atoms with Crippen molar-refractivity contribution >= 4 is 35.3 Å². The second kappa shape index (κ2) is 10.4. The van der Waals surface area contributed by atoms with Crippen LogP contribution in [0.1, 0.15) is 36.6 Å². The molecule has 37 heavy (non-hydrogen) atoms. The summed E-state index contributed by atoms with van der Waals surface area (Å²) < 4.78 is 40.4. The minimum Gasteiger partial charge on any atom is -0.366 e. The van der Waals surface area contributed by atoms with Gasteiger partial charge >= 0.3 is 6.18 Å². The third-order valence-corrected chi connectivity index (χ3v) is 5.37. The number of amides is 3. The number of carbonyl (C=O) groups is 3. The van der Waals surface area contributed by atoms with E-state index in [9.17, 15) is 27.6 Å². The van der Waals surface area contributed by atoms with E-state index >= 15 is 0 Å². The fourth-order valence-corrected chi connectivity index (χ4v) is 3.64. The van der Waals surface area contributed by atoms with Gasteiger partial charge in [-0.2, -0.15) is 13.2 Å². The van der Waals surface area contributed by atoms with Crippen molar-refractivity contribution < 1.29 is 27.6 Å². The molecule has 0 aromatic heterocycles. The largest absolute Gasteiger partial charge is 0.418 e. The van der Waals surface area contributed by atoms with Crippen molar-refractivity contribution in [3.8, 4) is 0 Å². The second-order valence-electron chi connectivity index (χ2n) is 7.92. The highest BCUT2D eigenvalue weighted by atomic mass is 19.4. The van der Waals surface area contributed by atoms with Crippen LogP contribution in [0.15, 0.2) is 89.7 Å². The molecule has 4 rings (SSSR count). The molecule has 1 heterocycles. The van der Waals surface area contributed by atoms with Crippen LogP contribution in [-0.2, 0) is 6.18 Å². The predicted molar refractivity (Wildman–Crippen MR) is 132 cm³/mol. The lowest BCUT2D eigenvalue weighted by molar-refractivity contribution is -0.137. The van der Waals surface area contributed by atoms with Crippen LogP contribution in [0.5, 0.6) is 0 Å². The molecule has 0 unspecified atom stereocenters. The topological polar surface area (TPSA) is 117 Å². The van der Waals surface area contributed by atoms with E-state index in [1.165, 1.54) is 71.9 Å². The van der Waals surface area contributed by atoms with E-state index in [-0.39, 0.29) is 40.4 Å². The Morgan fingerprint density at radius 3 is 2.32 bits per heavy atom. The number of halogens is 3. The molecule has 0 saturated heterocycles. The molecule has 0 bridgehead atoms. The van der Waals surface area contributed by atoms with Crippen LogP contribution in [0.2, 0.25) is 0 Å². The molecule has 0 aliphatic carbocycles. The van der Waals surface area contributed by atoms with Crippen molar-refractivity contribution in [1.82, 2.24) is 5.32 Å². The van der Waals surface area contributed by atoms with E-state index in [1.54, 1.807) is 12.1 Å². The Morgan fingerprint density at radius 1 is 0.865 bits per heavy atom. The third-order valence-electron chi connectivity index (χ3n) is 5.37. The first-order valence-electron chi connectivity index (χ1n) is 10.9. The first-order valence-corrected chi connectivity index (χ1v) is 10.9. The molecule has 0 radical (unpaired) electrons. The van der Waals surface area contributed by atoms with Crippen molar-refractivity contribution in [1.29, 1.82) is 0 Å². The molecule has 11 heteroatoms. The minimum atomic E-state index is -4.57. The number of anilines is 2. The summed E-state index contributed by atoms with van der Waals surface area (Å²) in [6.07, 6.45) is -1.88. The van der Waals surface area contributed by atoms with Crippen LogP contribution in [0, 0.1) is 0 Å². The molecule has 8 nitrogen and oxygen atoms in total. The van der Waals surface area contributed by atoms with Crippen LogP contribution in [0.25, 0.3) is 0 Å². The minimum absolute atomic E-state index is 0.0660. The molecule has 4 N–H and O–H groups in total. The van der Waals surface area contributed by atoms with Gasteiger partial charge in [0.2, 0.25) is 5.91 Å². The molecule has 0 fully saturated rings. The Bertz CT molecular complexity index is 1430. The summed E-state index contributed by atoms with van der Waals surface area (Å²) in [6, 6.07) is 17.0. The Balaban J connectivity index is 1.54. The lowest BCUT2D eigenvalue weighted by Gasteiger charge is -2.26. The molecule has 3 aromatic rings. The maximum Gasteiger partial charge on any atom is 0.418 e. The average molecular weight is 507 g/mol. The van der Waals surface area contributed by atoms with Gasteiger partial charge < -0.3 is 21.3 Å². The van der Waals surface area contributed by atoms with Crippen molar-refractivity contribution in [2.75, 3.05) is 16.9 Å². The summed E-state index contributed by atoms with van der Waals surface area (Å²) in [5.41, 5.74) is 5.08. The number of benzene rings is 3. The molecule has 3 aromatic carbocycles. The van der Waals surface area contributed by atoms with Gasteiger partial charge in [0.05, 0.1) is 28.2 Å². The summed E-state index contributed by atoms with van der Waals surface area (Å²) >= 11 is 0. The molecule has 188 valence electrons. The van der Waals surface area contributed by atoms with E-state index < -0.39 is 29.5 Å². The summed E-state index contributed by atoms with van der Waals surface area (Å²) in [7, 11) is 0. The number of allylic oxidation sites excluding steroid dienone is 1. The number of primary amides is 1. The number of aliphatic imine (C=N–C) groups is 1. The number of hydrogen-bond donors (Lipinski definition) is 3. The molecule has 0 atom stereocenters. The lowest BCUT2D eigenvalue weighted by Crippen LogP contribution is -2.31. The fourth-order valence-electron chi connectivity index (χ4n) is 3.64. The third kappa shape index (κ3) is 5.84. The quantitative estimate of drug-likeness (QED) is 0.464. The maximum atomic E-state index is 13.5.